The molecule has 0 bridgehead atoms. The van der Waals surface area contributed by atoms with Gasteiger partial charge in [0.15, 0.2) is 0 Å². The van der Waals surface area contributed by atoms with Crippen LogP contribution < -0.4 is 5.32 Å². The molecular weight excluding hydrogens is 244 g/mol. The number of nitrogens with one attached hydrogen (secondary N) is 1. The number of hydrogen-bond donors (Lipinski definition) is 1. The monoisotopic (exact) mass is 254 g/mol. The van der Waals surface area contributed by atoms with Gasteiger partial charge in [0.25, 0.3) is 5.91 Å². The Balaban J connectivity index is 2.60. The number of hydrogen-bond acceptors (Lipinski definition) is 3. The van der Waals surface area contributed by atoms with Gasteiger partial charge in [0, 0.05) is 0 Å². The van der Waals surface area contributed by atoms with Crippen LogP contribution in [0.1, 0.15) is 17.3 Å². The first kappa shape index (κ1) is 13.5. The van der Waals surface area contributed by atoms with E-state index < -0.39 is 24.8 Å². The molecule has 0 saturated heterocycles. The SMILES string of the molecule is Cc1nc(CNC(=O)C(F)(F)C(F)F)oc1C. The molecular formula is C9H10F4N2O2. The molecule has 0 atom stereocenters. The van der Waals surface area contributed by atoms with Crippen LogP contribution in [-0.2, 0) is 11.3 Å². The Bertz CT molecular complexity index is 398. The summed E-state index contributed by atoms with van der Waals surface area (Å²) < 4.78 is 53.6. The van der Waals surface area contributed by atoms with E-state index in [1.54, 1.807) is 19.2 Å². The minimum atomic E-state index is -4.71. The lowest BCUT2D eigenvalue weighted by atomic mass is 10.3. The fraction of sp³-hybridized carbons (Fsp3) is 0.556. The molecule has 1 heterocycles. The molecule has 8 heteroatoms. The Hall–Kier alpha value is -1.60. The van der Waals surface area contributed by atoms with Gasteiger partial charge in [-0.3, -0.25) is 4.79 Å². The van der Waals surface area contributed by atoms with E-state index in [0.29, 0.717) is 11.5 Å². The van der Waals surface area contributed by atoms with Gasteiger partial charge in [-0.2, -0.15) is 8.78 Å². The Morgan fingerprint density at radius 3 is 2.47 bits per heavy atom. The van der Waals surface area contributed by atoms with Crippen LogP contribution in [0.4, 0.5) is 17.6 Å². The van der Waals surface area contributed by atoms with Gasteiger partial charge >= 0.3 is 12.3 Å². The summed E-state index contributed by atoms with van der Waals surface area (Å²) >= 11 is 0. The second-order valence-corrected chi connectivity index (χ2v) is 3.36. The third-order valence-corrected chi connectivity index (χ3v) is 2.05. The van der Waals surface area contributed by atoms with Crippen LogP contribution in [-0.4, -0.2) is 23.2 Å². The summed E-state index contributed by atoms with van der Waals surface area (Å²) in [6.45, 7) is 2.76. The largest absolute Gasteiger partial charge is 0.444 e. The van der Waals surface area contributed by atoms with Crippen molar-refractivity contribution in [1.29, 1.82) is 0 Å². The number of carbonyl (C=O) groups is 1. The Morgan fingerprint density at radius 2 is 2.06 bits per heavy atom. The first-order valence-corrected chi connectivity index (χ1v) is 4.62. The van der Waals surface area contributed by atoms with Crippen LogP contribution in [0.5, 0.6) is 0 Å². The topological polar surface area (TPSA) is 55.1 Å². The van der Waals surface area contributed by atoms with Gasteiger partial charge in [0.2, 0.25) is 5.89 Å². The maximum Gasteiger partial charge on any atom is 0.383 e. The summed E-state index contributed by atoms with van der Waals surface area (Å²) in [6.07, 6.45) is -4.05. The third-order valence-electron chi connectivity index (χ3n) is 2.05. The van der Waals surface area contributed by atoms with Crippen LogP contribution in [0.25, 0.3) is 0 Å². The molecule has 4 nitrogen and oxygen atoms in total. The molecule has 1 aromatic rings. The number of alkyl halides is 4. The van der Waals surface area contributed by atoms with Crippen molar-refractivity contribution in [2.45, 2.75) is 32.7 Å². The van der Waals surface area contributed by atoms with E-state index in [2.05, 4.69) is 4.98 Å². The number of halogens is 4. The molecule has 0 aliphatic carbocycles. The van der Waals surface area contributed by atoms with Gasteiger partial charge in [-0.15, -0.1) is 0 Å². The molecule has 96 valence electrons. The van der Waals surface area contributed by atoms with Crippen LogP contribution in [0.3, 0.4) is 0 Å². The lowest BCUT2D eigenvalue weighted by Crippen LogP contribution is -2.44. The molecule has 1 N–H and O–H groups in total. The minimum absolute atomic E-state index is 0.0154. The maximum absolute atomic E-state index is 12.5. The van der Waals surface area contributed by atoms with Crippen LogP contribution in [0, 0.1) is 13.8 Å². The molecule has 1 amide bonds. The zero-order valence-electron chi connectivity index (χ0n) is 9.06. The van der Waals surface area contributed by atoms with Gasteiger partial charge in [-0.25, -0.2) is 13.8 Å². The number of amides is 1. The van der Waals surface area contributed by atoms with E-state index >= 15 is 0 Å². The summed E-state index contributed by atoms with van der Waals surface area (Å²) in [6, 6.07) is 0. The molecule has 0 unspecified atom stereocenters. The van der Waals surface area contributed by atoms with Crippen molar-refractivity contribution in [3.05, 3.63) is 17.3 Å². The molecule has 0 aliphatic rings. The van der Waals surface area contributed by atoms with Crippen molar-refractivity contribution in [2.75, 3.05) is 0 Å². The zero-order valence-corrected chi connectivity index (χ0v) is 9.06. The Morgan fingerprint density at radius 1 is 1.47 bits per heavy atom. The zero-order chi connectivity index (χ0) is 13.2. The highest BCUT2D eigenvalue weighted by atomic mass is 19.3. The number of rotatable bonds is 4. The second-order valence-electron chi connectivity index (χ2n) is 3.36. The highest BCUT2D eigenvalue weighted by molar-refractivity contribution is 5.83. The fourth-order valence-corrected chi connectivity index (χ4v) is 0.988. The standard InChI is InChI=1S/C9H10F4N2O2/c1-4-5(2)17-6(15-4)3-14-8(16)9(12,13)7(10)11/h7H,3H2,1-2H3,(H,14,16). The van der Waals surface area contributed by atoms with Crippen molar-refractivity contribution in [3.63, 3.8) is 0 Å². The van der Waals surface area contributed by atoms with Gasteiger partial charge in [-0.1, -0.05) is 0 Å². The van der Waals surface area contributed by atoms with E-state index in [4.69, 9.17) is 4.42 Å². The summed E-state index contributed by atoms with van der Waals surface area (Å²) in [7, 11) is 0. The van der Waals surface area contributed by atoms with Gasteiger partial charge < -0.3 is 9.73 Å². The molecule has 0 saturated carbocycles. The second kappa shape index (κ2) is 4.72. The van der Waals surface area contributed by atoms with Crippen molar-refractivity contribution in [2.24, 2.45) is 0 Å². The quantitative estimate of drug-likeness (QED) is 0.833. The van der Waals surface area contributed by atoms with E-state index in [-0.39, 0.29) is 5.89 Å². The lowest BCUT2D eigenvalue weighted by molar-refractivity contribution is -0.169. The predicted octanol–water partition coefficient (Wildman–Crippen LogP) is 1.81. The molecule has 1 aromatic heterocycles. The van der Waals surface area contributed by atoms with E-state index in [1.165, 1.54) is 0 Å². The van der Waals surface area contributed by atoms with Crippen LogP contribution >= 0.6 is 0 Å². The van der Waals surface area contributed by atoms with Gasteiger partial charge in [-0.05, 0) is 13.8 Å². The average molecular weight is 254 g/mol. The predicted molar refractivity (Wildman–Crippen MR) is 48.8 cm³/mol. The number of aromatic nitrogens is 1. The normalized spacial score (nSPS) is 11.9. The summed E-state index contributed by atoms with van der Waals surface area (Å²) in [5, 5.41) is 1.64. The molecule has 0 fully saturated rings. The van der Waals surface area contributed by atoms with Crippen molar-refractivity contribution < 1.29 is 26.8 Å². The Kier molecular flexibility index (Phi) is 3.74. The lowest BCUT2D eigenvalue weighted by Gasteiger charge is -2.13. The summed E-state index contributed by atoms with van der Waals surface area (Å²) in [4.78, 5) is 14.6. The smallest absolute Gasteiger partial charge is 0.383 e. The number of nitrogens with zero attached hydrogens (tertiary/aromatic N) is 1. The van der Waals surface area contributed by atoms with Crippen molar-refractivity contribution in [3.8, 4) is 0 Å². The number of carbonyl (C=O) groups excluding carboxylic acids is 1. The Labute approximate surface area is 94.0 Å². The van der Waals surface area contributed by atoms with Crippen molar-refractivity contribution >= 4 is 5.91 Å². The number of aryl methyl sites for hydroxylation is 2. The molecule has 0 radical (unpaired) electrons. The molecule has 0 aliphatic heterocycles. The molecule has 0 aromatic carbocycles. The minimum Gasteiger partial charge on any atom is -0.444 e. The van der Waals surface area contributed by atoms with Gasteiger partial charge in [0.1, 0.15) is 5.76 Å². The highest BCUT2D eigenvalue weighted by Gasteiger charge is 2.48. The fourth-order valence-electron chi connectivity index (χ4n) is 0.988. The number of oxazole rings is 1. The van der Waals surface area contributed by atoms with E-state index in [0.717, 1.165) is 0 Å². The van der Waals surface area contributed by atoms with Crippen LogP contribution in [0.15, 0.2) is 4.42 Å². The van der Waals surface area contributed by atoms with E-state index in [1.807, 2.05) is 0 Å². The average Bonchev–Trinajstić information content (AvgIpc) is 2.54. The van der Waals surface area contributed by atoms with Gasteiger partial charge in [0.05, 0.1) is 12.2 Å². The summed E-state index contributed by atoms with van der Waals surface area (Å²) in [5.74, 6) is -6.31. The first-order chi connectivity index (χ1) is 7.75. The summed E-state index contributed by atoms with van der Waals surface area (Å²) in [5.41, 5.74) is 0.537. The molecule has 1 rings (SSSR count). The van der Waals surface area contributed by atoms with E-state index in [9.17, 15) is 22.4 Å². The highest BCUT2D eigenvalue weighted by Crippen LogP contribution is 2.22. The van der Waals surface area contributed by atoms with Crippen molar-refractivity contribution in [1.82, 2.24) is 10.3 Å². The molecule has 17 heavy (non-hydrogen) atoms. The third kappa shape index (κ3) is 2.95. The van der Waals surface area contributed by atoms with Crippen LogP contribution in [0.2, 0.25) is 0 Å². The molecule has 0 spiro atoms. The first-order valence-electron chi connectivity index (χ1n) is 4.62. The maximum atomic E-state index is 12.5.